The van der Waals surface area contributed by atoms with Crippen molar-refractivity contribution < 1.29 is 40.3 Å². The maximum absolute atomic E-state index is 14.5. The molecule has 0 saturated heterocycles. The van der Waals surface area contributed by atoms with Gasteiger partial charge in [-0.25, -0.2) is 17.6 Å². The molecule has 3 aromatic carbocycles. The van der Waals surface area contributed by atoms with Gasteiger partial charge in [-0.15, -0.1) is 0 Å². The Morgan fingerprint density at radius 1 is 0.738 bits per heavy atom. The molecule has 4 rings (SSSR count). The first kappa shape index (κ1) is 49.0. The average molecular weight is 860 g/mol. The van der Waals surface area contributed by atoms with E-state index in [0.717, 1.165) is 69.1 Å². The number of rotatable bonds is 22. The number of fused-ring (bicyclic) bond motifs is 1. The largest absolute Gasteiger partial charge is 0.463 e. The molecule has 0 spiro atoms. The second kappa shape index (κ2) is 21.4. The number of halogens is 7. The van der Waals surface area contributed by atoms with Crippen molar-refractivity contribution in [2.45, 2.75) is 79.3 Å². The van der Waals surface area contributed by atoms with Crippen LogP contribution in [0.2, 0.25) is 0 Å². The summed E-state index contributed by atoms with van der Waals surface area (Å²) < 4.78 is 99.6. The van der Waals surface area contributed by atoms with Gasteiger partial charge in [-0.2, -0.15) is 13.2 Å². The van der Waals surface area contributed by atoms with Gasteiger partial charge in [0.25, 0.3) is 11.8 Å². The molecule has 3 aromatic rings. The van der Waals surface area contributed by atoms with Gasteiger partial charge in [-0.3, -0.25) is 9.79 Å². The molecule has 14 heteroatoms. The van der Waals surface area contributed by atoms with Crippen LogP contribution in [0.3, 0.4) is 0 Å². The van der Waals surface area contributed by atoms with Crippen molar-refractivity contribution in [2.24, 2.45) is 10.4 Å². The Morgan fingerprint density at radius 2 is 1.34 bits per heavy atom. The van der Waals surface area contributed by atoms with Crippen molar-refractivity contribution >= 4 is 34.2 Å². The van der Waals surface area contributed by atoms with Crippen LogP contribution in [-0.2, 0) is 9.53 Å². The molecule has 0 aliphatic heterocycles. The van der Waals surface area contributed by atoms with Gasteiger partial charge in [0.2, 0.25) is 0 Å². The number of nitrogens with one attached hydrogen (secondary N) is 2. The molecule has 0 aromatic heterocycles. The third-order valence-corrected chi connectivity index (χ3v) is 10.9. The molecule has 0 radical (unpaired) electrons. The van der Waals surface area contributed by atoms with Gasteiger partial charge in [0, 0.05) is 49.7 Å². The number of anilines is 2. The number of hydrogen-bond donors (Lipinski definition) is 2. The van der Waals surface area contributed by atoms with E-state index in [1.54, 1.807) is 0 Å². The molecule has 2 N–H and O–H groups in total. The van der Waals surface area contributed by atoms with E-state index >= 15 is 0 Å². The van der Waals surface area contributed by atoms with Crippen LogP contribution in [0.1, 0.15) is 82.2 Å². The molecule has 0 heterocycles. The number of benzene rings is 3. The average Bonchev–Trinajstić information content (AvgIpc) is 3.20. The quantitative estimate of drug-likeness (QED) is 0.0596. The van der Waals surface area contributed by atoms with Crippen LogP contribution in [0.15, 0.2) is 83.9 Å². The molecule has 7 nitrogen and oxygen atoms in total. The second-order valence-corrected chi connectivity index (χ2v) is 15.9. The number of nitrogens with zero attached hydrogens (tertiary/aromatic N) is 3. The highest BCUT2D eigenvalue weighted by molar-refractivity contribution is 6.19. The Hall–Kier alpha value is -4.69. The van der Waals surface area contributed by atoms with E-state index in [9.17, 15) is 35.5 Å². The molecule has 61 heavy (non-hydrogen) atoms. The number of hydrogen-bond acceptors (Lipinski definition) is 7. The maximum atomic E-state index is 14.5. The Labute approximate surface area is 356 Å². The molecule has 1 aliphatic carbocycles. The van der Waals surface area contributed by atoms with E-state index in [2.05, 4.69) is 61.3 Å². The zero-order valence-electron chi connectivity index (χ0n) is 36.3. The van der Waals surface area contributed by atoms with Gasteiger partial charge in [-0.05, 0) is 112 Å². The van der Waals surface area contributed by atoms with Crippen LogP contribution in [-0.4, -0.2) is 95.2 Å². The number of carbonyl (C=O) groups excluding carboxylic acids is 1. The van der Waals surface area contributed by atoms with Crippen LogP contribution in [0, 0.1) is 12.3 Å². The van der Waals surface area contributed by atoms with Gasteiger partial charge in [0.15, 0.2) is 0 Å². The van der Waals surface area contributed by atoms with E-state index < -0.39 is 49.5 Å². The summed E-state index contributed by atoms with van der Waals surface area (Å²) >= 11 is 0. The minimum absolute atomic E-state index is 0.0566. The van der Waals surface area contributed by atoms with Crippen molar-refractivity contribution in [3.05, 3.63) is 107 Å². The van der Waals surface area contributed by atoms with E-state index in [1.807, 2.05) is 81.1 Å². The lowest BCUT2D eigenvalue weighted by Crippen LogP contribution is -2.45. The van der Waals surface area contributed by atoms with E-state index in [-0.39, 0.29) is 19.1 Å². The Bertz CT molecular complexity index is 2000. The number of aliphatic imine (C=N–C) groups is 1. The van der Waals surface area contributed by atoms with Crippen molar-refractivity contribution in [3.63, 3.8) is 0 Å². The molecular weight excluding hydrogens is 800 g/mol. The topological polar surface area (TPSA) is 69.2 Å². The summed E-state index contributed by atoms with van der Waals surface area (Å²) in [6.07, 6.45) is -1.87. The number of likely N-dealkylation sites (N-methyl/N-ethyl adjacent to an activating group) is 1. The summed E-state index contributed by atoms with van der Waals surface area (Å²) in [7, 11) is 0. The monoisotopic (exact) mass is 859 g/mol. The summed E-state index contributed by atoms with van der Waals surface area (Å²) in [6, 6.07) is 22.5. The van der Waals surface area contributed by atoms with Gasteiger partial charge < -0.3 is 25.2 Å². The maximum Gasteiger partial charge on any atom is 0.401 e. The lowest BCUT2D eigenvalue weighted by atomic mass is 9.82. The smallest absolute Gasteiger partial charge is 0.401 e. The standard InChI is InChI=1S/C47H60F7N5O2/c1-8-44(6,7)43(60)61-27-25-57-41-23-22-40(38-14-12-13-15-39(38)41)42(37-21-20-36(28-33(37)5)58(9-2)10-3)34-16-18-35(19-17-34)59(11-4)26-24-55-30-45(48,49)29-46(50,51)31-56-32-47(52,53)54/h12-23,28,55-56H,8-11,24-27,29-32H2,1-7H3. The summed E-state index contributed by atoms with van der Waals surface area (Å²) in [6.45, 7) is 12.8. The van der Waals surface area contributed by atoms with Crippen LogP contribution in [0.25, 0.3) is 11.1 Å². The Balaban J connectivity index is 1.60. The van der Waals surface area contributed by atoms with Crippen LogP contribution >= 0.6 is 0 Å². The fraction of sp³-hybridized carbons (Fsp3) is 0.489. The molecule has 1 aliphatic rings. The van der Waals surface area contributed by atoms with Crippen LogP contribution in [0.5, 0.6) is 0 Å². The lowest BCUT2D eigenvalue weighted by molar-refractivity contribution is -0.153. The summed E-state index contributed by atoms with van der Waals surface area (Å²) in [5, 5.41) is 4.06. The first-order chi connectivity index (χ1) is 28.7. The Morgan fingerprint density at radius 3 is 1.93 bits per heavy atom. The van der Waals surface area contributed by atoms with Crippen molar-refractivity contribution in [2.75, 3.05) is 75.3 Å². The van der Waals surface area contributed by atoms with Crippen molar-refractivity contribution in [3.8, 4) is 0 Å². The summed E-state index contributed by atoms with van der Waals surface area (Å²) in [5.74, 6) is -8.11. The normalized spacial score (nSPS) is 14.9. The number of aryl methyl sites for hydroxylation is 1. The number of ether oxygens (including phenoxy) is 1. The first-order valence-corrected chi connectivity index (χ1v) is 20.9. The molecule has 0 amide bonds. The minimum atomic E-state index is -4.73. The minimum Gasteiger partial charge on any atom is -0.463 e. The lowest BCUT2D eigenvalue weighted by Gasteiger charge is -2.27. The van der Waals surface area contributed by atoms with Crippen LogP contribution < -0.4 is 20.4 Å². The molecule has 0 atom stereocenters. The first-order valence-electron chi connectivity index (χ1n) is 20.9. The van der Waals surface area contributed by atoms with E-state index in [1.165, 1.54) is 5.32 Å². The zero-order valence-corrected chi connectivity index (χ0v) is 36.3. The van der Waals surface area contributed by atoms with Crippen molar-refractivity contribution in [1.82, 2.24) is 10.6 Å². The highest BCUT2D eigenvalue weighted by Crippen LogP contribution is 2.40. The SMILES string of the molecule is CCN(CC)c1ccc(C(=C2C=CC(=NCCOC(=O)C(C)(C)CC)c3ccccc32)c2ccc(N(CC)CCNCC(F)(F)CC(F)(F)CNCC(F)(F)F)cc2)c(C)c1. The van der Waals surface area contributed by atoms with Gasteiger partial charge >= 0.3 is 12.1 Å². The molecular formula is C47H60F7N5O2. The number of alkyl halides is 7. The zero-order chi connectivity index (χ0) is 45.0. The third-order valence-electron chi connectivity index (χ3n) is 10.9. The number of allylic oxidation sites excluding steroid dienone is 3. The second-order valence-electron chi connectivity index (χ2n) is 15.9. The number of esters is 1. The highest BCUT2D eigenvalue weighted by Gasteiger charge is 2.43. The van der Waals surface area contributed by atoms with Crippen molar-refractivity contribution in [1.29, 1.82) is 0 Å². The Kier molecular flexibility index (Phi) is 17.2. The highest BCUT2D eigenvalue weighted by atomic mass is 19.4. The molecule has 0 fully saturated rings. The molecule has 334 valence electrons. The predicted molar refractivity (Wildman–Crippen MR) is 233 cm³/mol. The van der Waals surface area contributed by atoms with Crippen LogP contribution in [0.4, 0.5) is 42.1 Å². The van der Waals surface area contributed by atoms with Gasteiger partial charge in [0.05, 0.1) is 43.7 Å². The van der Waals surface area contributed by atoms with E-state index in [4.69, 9.17) is 9.73 Å². The summed E-state index contributed by atoms with van der Waals surface area (Å²) in [5.41, 5.74) is 9.20. The fourth-order valence-corrected chi connectivity index (χ4v) is 7.14. The molecule has 0 saturated carbocycles. The summed E-state index contributed by atoms with van der Waals surface area (Å²) in [4.78, 5) is 21.6. The third kappa shape index (κ3) is 13.9. The van der Waals surface area contributed by atoms with E-state index in [0.29, 0.717) is 26.1 Å². The molecule has 0 bridgehead atoms. The molecule has 0 unspecified atom stereocenters. The van der Waals surface area contributed by atoms with Gasteiger partial charge in [0.1, 0.15) is 6.61 Å². The van der Waals surface area contributed by atoms with Gasteiger partial charge in [-0.1, -0.05) is 55.5 Å². The predicted octanol–water partition coefficient (Wildman–Crippen LogP) is 10.4. The number of carbonyl (C=O) groups is 1. The fourth-order valence-electron chi connectivity index (χ4n) is 7.14.